The van der Waals surface area contributed by atoms with Crippen LogP contribution in [0, 0.1) is 6.92 Å². The van der Waals surface area contributed by atoms with Crippen molar-refractivity contribution in [1.29, 1.82) is 0 Å². The monoisotopic (exact) mass is 490 g/mol. The highest BCUT2D eigenvalue weighted by Gasteiger charge is 2.28. The number of nitrogens with zero attached hydrogens (tertiary/aromatic N) is 1. The quantitative estimate of drug-likeness (QED) is 0.592. The Morgan fingerprint density at radius 3 is 2.45 bits per heavy atom. The van der Waals surface area contributed by atoms with Gasteiger partial charge in [-0.15, -0.1) is 0 Å². The first-order valence-electron chi connectivity index (χ1n) is 10.1. The summed E-state index contributed by atoms with van der Waals surface area (Å²) in [6.07, 6.45) is 0. The molecule has 7 heteroatoms. The van der Waals surface area contributed by atoms with Gasteiger partial charge in [0.15, 0.2) is 6.61 Å². The van der Waals surface area contributed by atoms with E-state index in [-0.39, 0.29) is 25.0 Å². The maximum Gasteiger partial charge on any atom is 0.261 e. The number of nitrogens with one attached hydrogen (secondary N) is 1. The van der Waals surface area contributed by atoms with Crippen LogP contribution in [-0.2, 0) is 16.1 Å². The highest BCUT2D eigenvalue weighted by Crippen LogP contribution is 2.22. The van der Waals surface area contributed by atoms with Gasteiger partial charge in [0, 0.05) is 16.6 Å². The number of carbonyl (C=O) groups excluding carboxylic acids is 2. The van der Waals surface area contributed by atoms with Crippen molar-refractivity contribution in [2.45, 2.75) is 52.7 Å². The largest absolute Gasteiger partial charge is 0.497 e. The molecule has 31 heavy (non-hydrogen) atoms. The van der Waals surface area contributed by atoms with Crippen LogP contribution < -0.4 is 14.8 Å². The summed E-state index contributed by atoms with van der Waals surface area (Å²) in [5.41, 5.74) is 1.47. The van der Waals surface area contributed by atoms with Crippen molar-refractivity contribution in [3.63, 3.8) is 0 Å². The van der Waals surface area contributed by atoms with Gasteiger partial charge >= 0.3 is 0 Å². The lowest BCUT2D eigenvalue weighted by molar-refractivity contribution is -0.142. The molecule has 2 amide bonds. The van der Waals surface area contributed by atoms with Gasteiger partial charge in [0.05, 0.1) is 7.11 Å². The molecule has 0 saturated carbocycles. The fourth-order valence-corrected chi connectivity index (χ4v) is 3.21. The third kappa shape index (κ3) is 7.58. The maximum absolute atomic E-state index is 13.1. The van der Waals surface area contributed by atoms with Crippen LogP contribution in [0.15, 0.2) is 46.9 Å². The van der Waals surface area contributed by atoms with Crippen molar-refractivity contribution >= 4 is 27.7 Å². The maximum atomic E-state index is 13.1. The van der Waals surface area contributed by atoms with E-state index in [1.807, 2.05) is 64.1 Å². The van der Waals surface area contributed by atoms with E-state index < -0.39 is 11.6 Å². The zero-order chi connectivity index (χ0) is 23.2. The number of carbonyl (C=O) groups is 2. The molecule has 0 spiro atoms. The molecule has 0 aliphatic carbocycles. The van der Waals surface area contributed by atoms with Crippen LogP contribution in [-0.4, -0.2) is 42.0 Å². The fraction of sp³-hybridized carbons (Fsp3) is 0.417. The van der Waals surface area contributed by atoms with Crippen molar-refractivity contribution < 1.29 is 19.1 Å². The molecule has 0 unspecified atom stereocenters. The van der Waals surface area contributed by atoms with Crippen LogP contribution in [0.4, 0.5) is 0 Å². The minimum absolute atomic E-state index is 0.168. The molecule has 0 aliphatic heterocycles. The van der Waals surface area contributed by atoms with Gasteiger partial charge in [0.25, 0.3) is 5.91 Å². The SMILES string of the molecule is COc1cccc(CN(C(=O)COc2ccc(Br)c(C)c2)[C@@H](C)C(=O)NC(C)(C)C)c1. The molecular formula is C24H31BrN2O4. The Morgan fingerprint density at radius 1 is 1.13 bits per heavy atom. The Balaban J connectivity index is 2.20. The van der Waals surface area contributed by atoms with Gasteiger partial charge < -0.3 is 19.7 Å². The second kappa shape index (κ2) is 10.7. The van der Waals surface area contributed by atoms with Crippen LogP contribution in [0.1, 0.15) is 38.8 Å². The summed E-state index contributed by atoms with van der Waals surface area (Å²) in [7, 11) is 1.59. The first-order valence-corrected chi connectivity index (χ1v) is 10.9. The Kier molecular flexibility index (Phi) is 8.51. The summed E-state index contributed by atoms with van der Waals surface area (Å²) < 4.78 is 12.0. The van der Waals surface area contributed by atoms with Gasteiger partial charge in [0.1, 0.15) is 17.5 Å². The molecule has 0 radical (unpaired) electrons. The number of rotatable bonds is 8. The van der Waals surface area contributed by atoms with Crippen molar-refractivity contribution in [3.8, 4) is 11.5 Å². The summed E-state index contributed by atoms with van der Waals surface area (Å²) in [6.45, 7) is 9.49. The summed E-state index contributed by atoms with van der Waals surface area (Å²) in [5.74, 6) is 0.795. The highest BCUT2D eigenvalue weighted by atomic mass is 79.9. The number of aryl methyl sites for hydroxylation is 1. The van der Waals surface area contributed by atoms with Crippen LogP contribution in [0.3, 0.4) is 0 Å². The van der Waals surface area contributed by atoms with Crippen LogP contribution in [0.25, 0.3) is 0 Å². The first-order chi connectivity index (χ1) is 14.5. The lowest BCUT2D eigenvalue weighted by atomic mass is 10.1. The van der Waals surface area contributed by atoms with Gasteiger partial charge in [-0.3, -0.25) is 9.59 Å². The number of amides is 2. The van der Waals surface area contributed by atoms with E-state index in [1.165, 1.54) is 4.90 Å². The van der Waals surface area contributed by atoms with Gasteiger partial charge in [-0.1, -0.05) is 28.1 Å². The molecule has 168 valence electrons. The number of methoxy groups -OCH3 is 1. The minimum Gasteiger partial charge on any atom is -0.497 e. The molecule has 0 aromatic heterocycles. The molecule has 0 saturated heterocycles. The van der Waals surface area contributed by atoms with Gasteiger partial charge in [0.2, 0.25) is 5.91 Å². The van der Waals surface area contributed by atoms with E-state index in [0.29, 0.717) is 11.5 Å². The summed E-state index contributed by atoms with van der Waals surface area (Å²) in [6, 6.07) is 12.3. The minimum atomic E-state index is -0.673. The summed E-state index contributed by atoms with van der Waals surface area (Å²) >= 11 is 3.45. The first kappa shape index (κ1) is 24.7. The lowest BCUT2D eigenvalue weighted by Gasteiger charge is -2.31. The number of ether oxygens (including phenoxy) is 2. The van der Waals surface area contributed by atoms with Crippen molar-refractivity contribution in [1.82, 2.24) is 10.2 Å². The van der Waals surface area contributed by atoms with Gasteiger partial charge in [-0.25, -0.2) is 0 Å². The van der Waals surface area contributed by atoms with Crippen LogP contribution >= 0.6 is 15.9 Å². The molecule has 2 aromatic carbocycles. The van der Waals surface area contributed by atoms with E-state index in [4.69, 9.17) is 9.47 Å². The van der Waals surface area contributed by atoms with E-state index in [9.17, 15) is 9.59 Å². The molecule has 0 aliphatic rings. The van der Waals surface area contributed by atoms with Gasteiger partial charge in [-0.2, -0.15) is 0 Å². The third-order valence-corrected chi connectivity index (χ3v) is 5.53. The number of hydrogen-bond acceptors (Lipinski definition) is 4. The van der Waals surface area contributed by atoms with Crippen LogP contribution in [0.2, 0.25) is 0 Å². The van der Waals surface area contributed by atoms with Crippen molar-refractivity contribution in [2.75, 3.05) is 13.7 Å². The van der Waals surface area contributed by atoms with E-state index >= 15 is 0 Å². The van der Waals surface area contributed by atoms with Crippen molar-refractivity contribution in [3.05, 3.63) is 58.1 Å². The molecular weight excluding hydrogens is 460 g/mol. The van der Waals surface area contributed by atoms with Gasteiger partial charge in [-0.05, 0) is 76.1 Å². The predicted molar refractivity (Wildman–Crippen MR) is 125 cm³/mol. The van der Waals surface area contributed by atoms with E-state index in [1.54, 1.807) is 20.1 Å². The van der Waals surface area contributed by atoms with E-state index in [2.05, 4.69) is 21.2 Å². The summed E-state index contributed by atoms with van der Waals surface area (Å²) in [5, 5.41) is 2.95. The summed E-state index contributed by atoms with van der Waals surface area (Å²) in [4.78, 5) is 27.4. The molecule has 1 atom stereocenters. The molecule has 0 heterocycles. The normalized spacial score (nSPS) is 12.1. The topological polar surface area (TPSA) is 67.9 Å². The fourth-order valence-electron chi connectivity index (χ4n) is 2.96. The number of halogens is 1. The Morgan fingerprint density at radius 2 is 1.84 bits per heavy atom. The average molecular weight is 491 g/mol. The van der Waals surface area contributed by atoms with E-state index in [0.717, 1.165) is 15.6 Å². The zero-order valence-electron chi connectivity index (χ0n) is 19.0. The molecule has 0 bridgehead atoms. The second-order valence-electron chi connectivity index (χ2n) is 8.49. The third-order valence-electron chi connectivity index (χ3n) is 4.64. The Hall–Kier alpha value is -2.54. The zero-order valence-corrected chi connectivity index (χ0v) is 20.6. The van der Waals surface area contributed by atoms with Crippen LogP contribution in [0.5, 0.6) is 11.5 Å². The Labute approximate surface area is 193 Å². The highest BCUT2D eigenvalue weighted by molar-refractivity contribution is 9.10. The number of hydrogen-bond donors (Lipinski definition) is 1. The smallest absolute Gasteiger partial charge is 0.261 e. The molecule has 1 N–H and O–H groups in total. The van der Waals surface area contributed by atoms with Crippen molar-refractivity contribution in [2.24, 2.45) is 0 Å². The average Bonchev–Trinajstić information content (AvgIpc) is 2.71. The predicted octanol–water partition coefficient (Wildman–Crippen LogP) is 4.48. The molecule has 6 nitrogen and oxygen atoms in total. The molecule has 2 rings (SSSR count). The molecule has 0 fully saturated rings. The second-order valence-corrected chi connectivity index (χ2v) is 9.34. The lowest BCUT2D eigenvalue weighted by Crippen LogP contribution is -2.53. The molecule has 2 aromatic rings. The standard InChI is InChI=1S/C24H31BrN2O4/c1-16-12-20(10-11-21(16)25)31-15-22(28)27(17(2)23(29)26-24(3,4)5)14-18-8-7-9-19(13-18)30-6/h7-13,17H,14-15H2,1-6H3,(H,26,29)/t17-/m0/s1. The Bertz CT molecular complexity index is 924. The number of benzene rings is 2.